The van der Waals surface area contributed by atoms with E-state index in [2.05, 4.69) is 25.1 Å². The van der Waals surface area contributed by atoms with Crippen LogP contribution in [0.4, 0.5) is 0 Å². The molecular weight excluding hydrogens is 330 g/mol. The zero-order valence-corrected chi connectivity index (χ0v) is 15.0. The molecule has 1 atom stereocenters. The number of nitrogens with one attached hydrogen (secondary N) is 1. The quantitative estimate of drug-likeness (QED) is 0.895. The standard InChI is InChI=1S/C15H21N5OS2/c1-10-16-12(9-23-10)15-19-18-13-4-3-11(5-7-20(13)15)17-14(21)6-8-22-2/h9,11H,3-8H2,1-2H3,(H,17,21). The highest BCUT2D eigenvalue weighted by atomic mass is 32.2. The number of amides is 1. The molecule has 0 saturated heterocycles. The largest absolute Gasteiger partial charge is 0.353 e. The summed E-state index contributed by atoms with van der Waals surface area (Å²) in [4.78, 5) is 16.4. The van der Waals surface area contributed by atoms with Crippen LogP contribution in [0.15, 0.2) is 5.38 Å². The molecule has 3 rings (SSSR count). The van der Waals surface area contributed by atoms with Crippen molar-refractivity contribution in [2.45, 2.75) is 45.2 Å². The van der Waals surface area contributed by atoms with Gasteiger partial charge in [-0.1, -0.05) is 0 Å². The Hall–Kier alpha value is -1.41. The van der Waals surface area contributed by atoms with Gasteiger partial charge in [0.2, 0.25) is 5.91 Å². The van der Waals surface area contributed by atoms with Crippen LogP contribution in [0.3, 0.4) is 0 Å². The van der Waals surface area contributed by atoms with Crippen LogP contribution in [-0.4, -0.2) is 43.7 Å². The maximum atomic E-state index is 11.9. The van der Waals surface area contributed by atoms with Crippen molar-refractivity contribution in [2.24, 2.45) is 0 Å². The lowest BCUT2D eigenvalue weighted by molar-refractivity contribution is -0.121. The van der Waals surface area contributed by atoms with Gasteiger partial charge in [0.05, 0.1) is 5.01 Å². The second kappa shape index (κ2) is 7.44. The van der Waals surface area contributed by atoms with Gasteiger partial charge < -0.3 is 9.88 Å². The average Bonchev–Trinajstić information content (AvgIpc) is 3.08. The number of fused-ring (bicyclic) bond motifs is 1. The molecule has 1 amide bonds. The second-order valence-corrected chi connectivity index (χ2v) is 7.73. The molecule has 2 aromatic heterocycles. The van der Waals surface area contributed by atoms with Gasteiger partial charge >= 0.3 is 0 Å². The predicted molar refractivity (Wildman–Crippen MR) is 93.7 cm³/mol. The zero-order valence-electron chi connectivity index (χ0n) is 13.4. The number of thioether (sulfide) groups is 1. The molecule has 0 bridgehead atoms. The number of hydrogen-bond acceptors (Lipinski definition) is 6. The monoisotopic (exact) mass is 351 g/mol. The van der Waals surface area contributed by atoms with Gasteiger partial charge in [0, 0.05) is 36.6 Å². The van der Waals surface area contributed by atoms with E-state index in [1.165, 1.54) is 0 Å². The molecule has 1 unspecified atom stereocenters. The van der Waals surface area contributed by atoms with E-state index in [0.717, 1.165) is 53.9 Å². The van der Waals surface area contributed by atoms with Crippen LogP contribution in [0.2, 0.25) is 0 Å². The summed E-state index contributed by atoms with van der Waals surface area (Å²) in [5.41, 5.74) is 0.897. The Morgan fingerprint density at radius 3 is 3.09 bits per heavy atom. The number of rotatable bonds is 5. The topological polar surface area (TPSA) is 72.7 Å². The number of hydrogen-bond donors (Lipinski definition) is 1. The smallest absolute Gasteiger partial charge is 0.221 e. The molecule has 0 aromatic carbocycles. The fraction of sp³-hybridized carbons (Fsp3) is 0.600. The fourth-order valence-electron chi connectivity index (χ4n) is 2.78. The maximum absolute atomic E-state index is 11.9. The Morgan fingerprint density at radius 1 is 1.48 bits per heavy atom. The van der Waals surface area contributed by atoms with Crippen molar-refractivity contribution in [3.05, 3.63) is 16.2 Å². The summed E-state index contributed by atoms with van der Waals surface area (Å²) in [5.74, 6) is 2.86. The van der Waals surface area contributed by atoms with E-state index in [0.29, 0.717) is 6.42 Å². The van der Waals surface area contributed by atoms with E-state index in [9.17, 15) is 4.79 Å². The van der Waals surface area contributed by atoms with Crippen molar-refractivity contribution in [1.82, 2.24) is 25.1 Å². The predicted octanol–water partition coefficient (Wildman–Crippen LogP) is 2.28. The number of nitrogens with zero attached hydrogens (tertiary/aromatic N) is 4. The first-order chi connectivity index (χ1) is 11.2. The third kappa shape index (κ3) is 3.92. The average molecular weight is 352 g/mol. The molecule has 3 heterocycles. The number of carbonyl (C=O) groups is 1. The summed E-state index contributed by atoms with van der Waals surface area (Å²) in [7, 11) is 0. The van der Waals surface area contributed by atoms with Gasteiger partial charge in [-0.25, -0.2) is 4.98 Å². The number of aromatic nitrogens is 4. The highest BCUT2D eigenvalue weighted by Gasteiger charge is 2.22. The van der Waals surface area contributed by atoms with E-state index < -0.39 is 0 Å². The van der Waals surface area contributed by atoms with Crippen LogP contribution in [0.1, 0.15) is 30.1 Å². The first-order valence-corrected chi connectivity index (χ1v) is 10.1. The number of aryl methyl sites for hydroxylation is 2. The van der Waals surface area contributed by atoms with E-state index >= 15 is 0 Å². The van der Waals surface area contributed by atoms with Gasteiger partial charge in [-0.3, -0.25) is 4.79 Å². The first kappa shape index (κ1) is 16.4. The summed E-state index contributed by atoms with van der Waals surface area (Å²) in [5, 5.41) is 14.9. The van der Waals surface area contributed by atoms with Gasteiger partial charge in [0.25, 0.3) is 0 Å². The molecule has 8 heteroatoms. The molecule has 0 saturated carbocycles. The Morgan fingerprint density at radius 2 is 2.35 bits per heavy atom. The molecule has 124 valence electrons. The minimum absolute atomic E-state index is 0.150. The molecule has 0 aliphatic carbocycles. The Labute approximate surface area is 144 Å². The molecular formula is C15H21N5OS2. The summed E-state index contributed by atoms with van der Waals surface area (Å²) >= 11 is 3.32. The lowest BCUT2D eigenvalue weighted by atomic mass is 10.1. The zero-order chi connectivity index (χ0) is 16.2. The van der Waals surface area contributed by atoms with E-state index in [4.69, 9.17) is 0 Å². The number of thiazole rings is 1. The van der Waals surface area contributed by atoms with Gasteiger partial charge in [0.15, 0.2) is 5.82 Å². The van der Waals surface area contributed by atoms with Crippen molar-refractivity contribution in [1.29, 1.82) is 0 Å². The van der Waals surface area contributed by atoms with Crippen molar-refractivity contribution in [2.75, 3.05) is 12.0 Å². The van der Waals surface area contributed by atoms with E-state index in [1.807, 2.05) is 18.6 Å². The molecule has 23 heavy (non-hydrogen) atoms. The summed E-state index contributed by atoms with van der Waals surface area (Å²) in [6.45, 7) is 2.82. The molecule has 0 fully saturated rings. The van der Waals surface area contributed by atoms with Crippen LogP contribution in [0.25, 0.3) is 11.5 Å². The summed E-state index contributed by atoms with van der Waals surface area (Å²) in [6.07, 6.45) is 5.27. The molecule has 2 aromatic rings. The molecule has 0 spiro atoms. The lowest BCUT2D eigenvalue weighted by Gasteiger charge is -2.16. The van der Waals surface area contributed by atoms with Crippen LogP contribution in [0.5, 0.6) is 0 Å². The van der Waals surface area contributed by atoms with E-state index in [-0.39, 0.29) is 11.9 Å². The molecule has 6 nitrogen and oxygen atoms in total. The normalized spacial score (nSPS) is 17.6. The Balaban J connectivity index is 1.67. The lowest BCUT2D eigenvalue weighted by Crippen LogP contribution is -2.35. The first-order valence-electron chi connectivity index (χ1n) is 7.80. The van der Waals surface area contributed by atoms with Crippen LogP contribution < -0.4 is 5.32 Å². The third-order valence-electron chi connectivity index (χ3n) is 3.99. The van der Waals surface area contributed by atoms with Crippen molar-refractivity contribution < 1.29 is 4.79 Å². The molecule has 1 N–H and O–H groups in total. The van der Waals surface area contributed by atoms with Gasteiger partial charge in [-0.05, 0) is 26.0 Å². The Kier molecular flexibility index (Phi) is 5.32. The van der Waals surface area contributed by atoms with E-state index in [1.54, 1.807) is 23.1 Å². The third-order valence-corrected chi connectivity index (χ3v) is 5.38. The second-order valence-electron chi connectivity index (χ2n) is 5.68. The number of carbonyl (C=O) groups excluding carboxylic acids is 1. The van der Waals surface area contributed by atoms with Crippen LogP contribution in [-0.2, 0) is 17.8 Å². The van der Waals surface area contributed by atoms with Crippen LogP contribution >= 0.6 is 23.1 Å². The highest BCUT2D eigenvalue weighted by Crippen LogP contribution is 2.24. The highest BCUT2D eigenvalue weighted by molar-refractivity contribution is 7.98. The van der Waals surface area contributed by atoms with Crippen molar-refractivity contribution >= 4 is 29.0 Å². The minimum atomic E-state index is 0.150. The SMILES string of the molecule is CSCCC(=O)NC1CCc2nnc(-c3csc(C)n3)n2CC1. The van der Waals surface area contributed by atoms with Crippen LogP contribution in [0, 0.1) is 6.92 Å². The van der Waals surface area contributed by atoms with Gasteiger partial charge in [0.1, 0.15) is 11.5 Å². The fourth-order valence-corrected chi connectivity index (χ4v) is 3.76. The Bertz CT molecular complexity index is 681. The molecule has 1 aliphatic heterocycles. The molecule has 1 aliphatic rings. The van der Waals surface area contributed by atoms with Gasteiger partial charge in [-0.15, -0.1) is 21.5 Å². The molecule has 0 radical (unpaired) electrons. The van der Waals surface area contributed by atoms with Crippen molar-refractivity contribution in [3.8, 4) is 11.5 Å². The van der Waals surface area contributed by atoms with Crippen molar-refractivity contribution in [3.63, 3.8) is 0 Å². The minimum Gasteiger partial charge on any atom is -0.353 e. The summed E-state index contributed by atoms with van der Waals surface area (Å²) in [6, 6.07) is 0.219. The maximum Gasteiger partial charge on any atom is 0.221 e. The summed E-state index contributed by atoms with van der Waals surface area (Å²) < 4.78 is 2.16. The van der Waals surface area contributed by atoms with Gasteiger partial charge in [-0.2, -0.15) is 11.8 Å².